The zero-order chi connectivity index (χ0) is 17.8. The van der Waals surface area contributed by atoms with Crippen LogP contribution in [0.1, 0.15) is 0 Å². The van der Waals surface area contributed by atoms with Gasteiger partial charge in [-0.3, -0.25) is 4.79 Å². The van der Waals surface area contributed by atoms with Crippen molar-refractivity contribution in [3.63, 3.8) is 0 Å². The number of hydrogen-bond acceptors (Lipinski definition) is 7. The highest BCUT2D eigenvalue weighted by Gasteiger charge is 2.10. The summed E-state index contributed by atoms with van der Waals surface area (Å²) in [7, 11) is 0. The number of hydrogen-bond donors (Lipinski definition) is 1. The van der Waals surface area contributed by atoms with Crippen LogP contribution >= 0.6 is 0 Å². The normalized spacial score (nSPS) is 10.6. The molecule has 1 N–H and O–H groups in total. The highest BCUT2D eigenvalue weighted by Crippen LogP contribution is 2.20. The Morgan fingerprint density at radius 2 is 1.88 bits per heavy atom. The standard InChI is InChI=1S/C17H13N7O2/c25-15(10-24-22-16(20-23-24)12-5-2-1-3-6-12)19-14-8-4-7-13(9-14)17-21-18-11-26-17/h1-9,11H,10H2,(H,19,25). The summed E-state index contributed by atoms with van der Waals surface area (Å²) in [5.41, 5.74) is 2.16. The Morgan fingerprint density at radius 1 is 1.04 bits per heavy atom. The Labute approximate surface area is 147 Å². The minimum Gasteiger partial charge on any atom is -0.423 e. The lowest BCUT2D eigenvalue weighted by atomic mass is 10.2. The van der Waals surface area contributed by atoms with E-state index < -0.39 is 0 Å². The molecule has 26 heavy (non-hydrogen) atoms. The Kier molecular flexibility index (Phi) is 4.17. The summed E-state index contributed by atoms with van der Waals surface area (Å²) in [4.78, 5) is 13.5. The maximum Gasteiger partial charge on any atom is 0.248 e. The van der Waals surface area contributed by atoms with Gasteiger partial charge in [0, 0.05) is 16.8 Å². The topological polar surface area (TPSA) is 112 Å². The van der Waals surface area contributed by atoms with E-state index in [9.17, 15) is 4.79 Å². The van der Waals surface area contributed by atoms with Gasteiger partial charge in [0.1, 0.15) is 6.54 Å². The molecule has 0 saturated carbocycles. The van der Waals surface area contributed by atoms with Crippen LogP contribution in [0.5, 0.6) is 0 Å². The van der Waals surface area contributed by atoms with Gasteiger partial charge < -0.3 is 9.73 Å². The summed E-state index contributed by atoms with van der Waals surface area (Å²) >= 11 is 0. The lowest BCUT2D eigenvalue weighted by Crippen LogP contribution is -2.20. The molecule has 128 valence electrons. The van der Waals surface area contributed by atoms with Crippen molar-refractivity contribution in [3.8, 4) is 22.8 Å². The van der Waals surface area contributed by atoms with Crippen molar-refractivity contribution in [1.82, 2.24) is 30.4 Å². The first-order valence-electron chi connectivity index (χ1n) is 7.77. The van der Waals surface area contributed by atoms with Crippen LogP contribution in [0.3, 0.4) is 0 Å². The number of benzene rings is 2. The molecule has 0 spiro atoms. The number of nitrogens with zero attached hydrogens (tertiary/aromatic N) is 6. The summed E-state index contributed by atoms with van der Waals surface area (Å²) in [5.74, 6) is 0.577. The smallest absolute Gasteiger partial charge is 0.248 e. The fraction of sp³-hybridized carbons (Fsp3) is 0.0588. The van der Waals surface area contributed by atoms with Crippen molar-refractivity contribution in [3.05, 3.63) is 61.0 Å². The fourth-order valence-corrected chi connectivity index (χ4v) is 2.37. The third-order valence-corrected chi connectivity index (χ3v) is 3.52. The molecule has 2 aromatic heterocycles. The lowest BCUT2D eigenvalue weighted by molar-refractivity contribution is -0.117. The first-order valence-corrected chi connectivity index (χ1v) is 7.77. The van der Waals surface area contributed by atoms with Gasteiger partial charge in [0.05, 0.1) is 0 Å². The van der Waals surface area contributed by atoms with Crippen molar-refractivity contribution >= 4 is 11.6 Å². The summed E-state index contributed by atoms with van der Waals surface area (Å²) in [5, 5.41) is 22.4. The number of amides is 1. The van der Waals surface area contributed by atoms with Crippen LogP contribution in [-0.2, 0) is 11.3 Å². The van der Waals surface area contributed by atoms with Crippen LogP contribution < -0.4 is 5.32 Å². The zero-order valence-electron chi connectivity index (χ0n) is 13.5. The predicted molar refractivity (Wildman–Crippen MR) is 91.6 cm³/mol. The van der Waals surface area contributed by atoms with E-state index in [2.05, 4.69) is 30.9 Å². The Balaban J connectivity index is 1.43. The number of carbonyl (C=O) groups excluding carboxylic acids is 1. The van der Waals surface area contributed by atoms with Crippen LogP contribution in [0.4, 0.5) is 5.69 Å². The quantitative estimate of drug-likeness (QED) is 0.588. The third-order valence-electron chi connectivity index (χ3n) is 3.52. The van der Waals surface area contributed by atoms with E-state index >= 15 is 0 Å². The number of carbonyl (C=O) groups is 1. The van der Waals surface area contributed by atoms with Crippen LogP contribution in [0.15, 0.2) is 65.4 Å². The predicted octanol–water partition coefficient (Wildman–Crippen LogP) is 2.03. The minimum absolute atomic E-state index is 0.0510. The fourth-order valence-electron chi connectivity index (χ4n) is 2.37. The number of aromatic nitrogens is 6. The molecule has 1 amide bonds. The molecule has 0 fully saturated rings. The van der Waals surface area contributed by atoms with Gasteiger partial charge >= 0.3 is 0 Å². The molecule has 0 aliphatic heterocycles. The van der Waals surface area contributed by atoms with E-state index in [1.54, 1.807) is 18.2 Å². The average molecular weight is 347 g/mol. The molecule has 2 heterocycles. The highest BCUT2D eigenvalue weighted by atomic mass is 16.4. The van der Waals surface area contributed by atoms with Gasteiger partial charge in [0.15, 0.2) is 0 Å². The molecule has 0 radical (unpaired) electrons. The summed E-state index contributed by atoms with van der Waals surface area (Å²) in [6, 6.07) is 16.6. The van der Waals surface area contributed by atoms with E-state index in [0.29, 0.717) is 23.0 Å². The lowest BCUT2D eigenvalue weighted by Gasteiger charge is -2.05. The molecule has 9 heteroatoms. The van der Waals surface area contributed by atoms with Gasteiger partial charge in [0.2, 0.25) is 24.0 Å². The highest BCUT2D eigenvalue weighted by molar-refractivity contribution is 5.91. The number of tetrazole rings is 1. The van der Waals surface area contributed by atoms with Gasteiger partial charge in [0.25, 0.3) is 0 Å². The van der Waals surface area contributed by atoms with E-state index in [1.165, 1.54) is 11.2 Å². The van der Waals surface area contributed by atoms with Gasteiger partial charge in [-0.05, 0) is 23.4 Å². The van der Waals surface area contributed by atoms with Gasteiger partial charge in [-0.2, -0.15) is 4.80 Å². The molecule has 0 bridgehead atoms. The van der Waals surface area contributed by atoms with Crippen LogP contribution in [-0.4, -0.2) is 36.3 Å². The molecule has 4 rings (SSSR count). The van der Waals surface area contributed by atoms with Gasteiger partial charge in [-0.25, -0.2) is 0 Å². The molecule has 9 nitrogen and oxygen atoms in total. The molecule has 2 aromatic carbocycles. The molecule has 4 aromatic rings. The van der Waals surface area contributed by atoms with E-state index in [-0.39, 0.29) is 12.5 Å². The molecule has 0 atom stereocenters. The number of rotatable bonds is 5. The van der Waals surface area contributed by atoms with Crippen LogP contribution in [0, 0.1) is 0 Å². The average Bonchev–Trinajstić information content (AvgIpc) is 3.35. The largest absolute Gasteiger partial charge is 0.423 e. The van der Waals surface area contributed by atoms with Gasteiger partial charge in [-0.15, -0.1) is 20.4 Å². The van der Waals surface area contributed by atoms with Crippen molar-refractivity contribution in [2.45, 2.75) is 6.54 Å². The summed E-state index contributed by atoms with van der Waals surface area (Å²) < 4.78 is 5.15. The zero-order valence-corrected chi connectivity index (χ0v) is 13.5. The molecular formula is C17H13N7O2. The summed E-state index contributed by atoms with van der Waals surface area (Å²) in [6.07, 6.45) is 1.25. The van der Waals surface area contributed by atoms with E-state index in [0.717, 1.165) is 5.56 Å². The van der Waals surface area contributed by atoms with Crippen molar-refractivity contribution in [2.75, 3.05) is 5.32 Å². The monoisotopic (exact) mass is 347 g/mol. The second-order valence-corrected chi connectivity index (χ2v) is 5.38. The maximum atomic E-state index is 12.2. The number of anilines is 1. The minimum atomic E-state index is -0.273. The third kappa shape index (κ3) is 3.46. The second-order valence-electron chi connectivity index (χ2n) is 5.38. The van der Waals surface area contributed by atoms with Crippen LogP contribution in [0.25, 0.3) is 22.8 Å². The van der Waals surface area contributed by atoms with Crippen molar-refractivity contribution < 1.29 is 9.21 Å². The van der Waals surface area contributed by atoms with E-state index in [4.69, 9.17) is 4.42 Å². The second kappa shape index (κ2) is 6.93. The Bertz CT molecular complexity index is 1010. The summed E-state index contributed by atoms with van der Waals surface area (Å²) in [6.45, 7) is -0.0510. The van der Waals surface area contributed by atoms with E-state index in [1.807, 2.05) is 36.4 Å². The molecule has 0 aliphatic carbocycles. The molecule has 0 unspecified atom stereocenters. The maximum absolute atomic E-state index is 12.2. The molecular weight excluding hydrogens is 334 g/mol. The van der Waals surface area contributed by atoms with Gasteiger partial charge in [-0.1, -0.05) is 36.4 Å². The Morgan fingerprint density at radius 3 is 2.69 bits per heavy atom. The number of nitrogens with one attached hydrogen (secondary N) is 1. The molecule has 0 saturated heterocycles. The van der Waals surface area contributed by atoms with Crippen LogP contribution in [0.2, 0.25) is 0 Å². The van der Waals surface area contributed by atoms with Crippen molar-refractivity contribution in [1.29, 1.82) is 0 Å². The Hall–Kier alpha value is -3.88. The first kappa shape index (κ1) is 15.6. The van der Waals surface area contributed by atoms with Crippen molar-refractivity contribution in [2.24, 2.45) is 0 Å². The SMILES string of the molecule is O=C(Cn1nnc(-c2ccccc2)n1)Nc1cccc(-c2nnco2)c1. The first-order chi connectivity index (χ1) is 12.8. The molecule has 0 aliphatic rings.